The molecule has 1 fully saturated rings. The van der Waals surface area contributed by atoms with Gasteiger partial charge in [-0.1, -0.05) is 17.7 Å². The average Bonchev–Trinajstić information content (AvgIpc) is 3.14. The van der Waals surface area contributed by atoms with Gasteiger partial charge in [-0.3, -0.25) is 19.9 Å². The van der Waals surface area contributed by atoms with Crippen molar-refractivity contribution in [2.24, 2.45) is 11.0 Å². The largest absolute Gasteiger partial charge is 0.374 e. The fourth-order valence-electron chi connectivity index (χ4n) is 3.21. The molecule has 0 bridgehead atoms. The van der Waals surface area contributed by atoms with Crippen LogP contribution in [0.25, 0.3) is 0 Å². The maximum atomic E-state index is 13.4. The van der Waals surface area contributed by atoms with Crippen molar-refractivity contribution in [1.82, 2.24) is 21.0 Å². The molecule has 12 heteroatoms. The fraction of sp³-hybridized carbons (Fsp3) is 0.611. The van der Waals surface area contributed by atoms with Crippen LogP contribution < -0.4 is 16.1 Å². The lowest BCUT2D eigenvalue weighted by Crippen LogP contribution is -2.48. The Morgan fingerprint density at radius 3 is 3.13 bits per heavy atom. The van der Waals surface area contributed by atoms with Crippen LogP contribution in [-0.2, 0) is 14.3 Å². The quantitative estimate of drug-likeness (QED) is 0.512. The number of hydrazone groups is 1. The zero-order chi connectivity index (χ0) is 21.5. The number of hydrogen-bond acceptors (Lipinski definition) is 8. The highest BCUT2D eigenvalue weighted by Gasteiger charge is 2.25. The third-order valence-corrected chi connectivity index (χ3v) is 7.17. The van der Waals surface area contributed by atoms with Crippen molar-refractivity contribution in [2.75, 3.05) is 38.5 Å². The molecule has 0 aromatic rings. The number of amides is 2. The number of thioether (sulfide) groups is 2. The second kappa shape index (κ2) is 11.4. The van der Waals surface area contributed by atoms with Crippen molar-refractivity contribution in [1.29, 1.82) is 0 Å². The molecule has 2 heterocycles. The minimum Gasteiger partial charge on any atom is -0.374 e. The number of nitrogens with zero attached hydrogens (tertiary/aromatic N) is 2. The maximum Gasteiger partial charge on any atom is 0.230 e. The van der Waals surface area contributed by atoms with Gasteiger partial charge in [0.15, 0.2) is 5.17 Å². The van der Waals surface area contributed by atoms with E-state index < -0.39 is 0 Å². The number of nitrogens with one attached hydrogen (secondary N) is 3. The summed E-state index contributed by atoms with van der Waals surface area (Å²) in [4.78, 5) is 25.4. The van der Waals surface area contributed by atoms with Gasteiger partial charge < -0.3 is 15.4 Å². The summed E-state index contributed by atoms with van der Waals surface area (Å²) < 4.78 is 19.0. The Labute approximate surface area is 188 Å². The van der Waals surface area contributed by atoms with Gasteiger partial charge in [-0.25, -0.2) is 4.39 Å². The van der Waals surface area contributed by atoms with Crippen LogP contribution in [0.2, 0.25) is 0 Å². The van der Waals surface area contributed by atoms with E-state index in [1.807, 2.05) is 0 Å². The molecule has 3 rings (SSSR count). The molecule has 3 aliphatic rings. The van der Waals surface area contributed by atoms with Gasteiger partial charge in [0, 0.05) is 33.1 Å². The number of amidine groups is 1. The molecule has 0 spiro atoms. The van der Waals surface area contributed by atoms with Crippen molar-refractivity contribution < 1.29 is 18.7 Å². The summed E-state index contributed by atoms with van der Waals surface area (Å²) in [6, 6.07) is 0. The topological polar surface area (TPSA) is 95.1 Å². The lowest BCUT2D eigenvalue weighted by Gasteiger charge is -2.35. The van der Waals surface area contributed by atoms with Crippen molar-refractivity contribution >= 4 is 52.1 Å². The first-order valence-electron chi connectivity index (χ1n) is 9.62. The van der Waals surface area contributed by atoms with E-state index in [1.54, 1.807) is 6.08 Å². The number of halogens is 2. The molecule has 1 saturated heterocycles. The maximum absolute atomic E-state index is 13.4. The summed E-state index contributed by atoms with van der Waals surface area (Å²) in [5, 5.41) is 10.2. The monoisotopic (exact) mass is 477 g/mol. The van der Waals surface area contributed by atoms with Crippen LogP contribution in [0, 0.1) is 5.92 Å². The van der Waals surface area contributed by atoms with Crippen LogP contribution in [0.3, 0.4) is 0 Å². The zero-order valence-electron chi connectivity index (χ0n) is 16.5. The molecule has 0 aromatic carbocycles. The summed E-state index contributed by atoms with van der Waals surface area (Å²) >= 11 is 8.66. The molecule has 3 N–H and O–H groups in total. The summed E-state index contributed by atoms with van der Waals surface area (Å²) in [7, 11) is 0. The highest BCUT2D eigenvalue weighted by atomic mass is 35.5. The second-order valence-electron chi connectivity index (χ2n) is 7.11. The Balaban J connectivity index is 1.32. The molecule has 0 radical (unpaired) electrons. The van der Waals surface area contributed by atoms with Crippen LogP contribution in [0.1, 0.15) is 13.3 Å². The van der Waals surface area contributed by atoms with Gasteiger partial charge in [0.25, 0.3) is 0 Å². The number of carbonyl (C=O) groups excluding carboxylic acids is 2. The van der Waals surface area contributed by atoms with Gasteiger partial charge in [-0.05, 0) is 30.2 Å². The minimum atomic E-state index is -0.350. The van der Waals surface area contributed by atoms with Gasteiger partial charge in [0.05, 0.1) is 23.5 Å². The first-order valence-corrected chi connectivity index (χ1v) is 11.9. The molecule has 2 aliphatic heterocycles. The highest BCUT2D eigenvalue weighted by Crippen LogP contribution is 2.28. The summed E-state index contributed by atoms with van der Waals surface area (Å²) in [5.41, 5.74) is 2.87. The van der Waals surface area contributed by atoms with Gasteiger partial charge in [-0.2, -0.15) is 5.10 Å². The van der Waals surface area contributed by atoms with E-state index in [2.05, 4.69) is 26.1 Å². The van der Waals surface area contributed by atoms with Crippen LogP contribution >= 0.6 is 35.1 Å². The number of carbonyl (C=O) groups is 2. The van der Waals surface area contributed by atoms with E-state index in [0.29, 0.717) is 31.3 Å². The summed E-state index contributed by atoms with van der Waals surface area (Å²) in [6.07, 6.45) is 3.86. The van der Waals surface area contributed by atoms with E-state index in [-0.39, 0.29) is 45.2 Å². The van der Waals surface area contributed by atoms with Gasteiger partial charge in [0.1, 0.15) is 10.5 Å². The number of allylic oxidation sites excluding steroid dienone is 3. The molecule has 1 aliphatic carbocycles. The zero-order valence-corrected chi connectivity index (χ0v) is 18.9. The Kier molecular flexibility index (Phi) is 8.87. The number of ether oxygens (including phenoxy) is 1. The van der Waals surface area contributed by atoms with E-state index in [0.717, 1.165) is 13.1 Å². The van der Waals surface area contributed by atoms with Crippen molar-refractivity contribution in [3.05, 3.63) is 23.0 Å². The third kappa shape index (κ3) is 7.45. The predicted molar refractivity (Wildman–Crippen MR) is 119 cm³/mol. The standard InChI is InChI=1S/C18H25ClFN5O3S2/c1-11(26)22-17-23-24-18(30-17)29-10-16(27)21-7-13-9-25(4-5-28-13)8-12-2-3-15(20)14(19)6-12/h3,6,12-13,18,24H,2,4-5,7-10H2,1H3,(H,21,27)(H,22,23,26)/t12?,13-,18?/m0/s1. The van der Waals surface area contributed by atoms with Crippen LogP contribution in [0.5, 0.6) is 0 Å². The lowest BCUT2D eigenvalue weighted by atomic mass is 9.99. The molecule has 30 heavy (non-hydrogen) atoms. The number of morpholine rings is 1. The fourth-order valence-corrected chi connectivity index (χ4v) is 5.36. The molecule has 2 unspecified atom stereocenters. The van der Waals surface area contributed by atoms with Crippen LogP contribution in [0.15, 0.2) is 28.1 Å². The van der Waals surface area contributed by atoms with E-state index in [4.69, 9.17) is 16.3 Å². The first-order chi connectivity index (χ1) is 14.4. The molecule has 2 amide bonds. The smallest absolute Gasteiger partial charge is 0.230 e. The molecule has 8 nitrogen and oxygen atoms in total. The van der Waals surface area contributed by atoms with E-state index in [9.17, 15) is 14.0 Å². The van der Waals surface area contributed by atoms with Gasteiger partial charge in [-0.15, -0.1) is 11.8 Å². The van der Waals surface area contributed by atoms with Crippen LogP contribution in [-0.4, -0.2) is 71.2 Å². The number of hydrogen-bond donors (Lipinski definition) is 3. The first kappa shape index (κ1) is 23.4. The van der Waals surface area contributed by atoms with Crippen LogP contribution in [0.4, 0.5) is 4.39 Å². The minimum absolute atomic E-state index is 0.0845. The Morgan fingerprint density at radius 1 is 1.53 bits per heavy atom. The predicted octanol–water partition coefficient (Wildman–Crippen LogP) is 1.56. The molecule has 166 valence electrons. The molecular formula is C18H25ClFN5O3S2. The Hall–Kier alpha value is -1.27. The Morgan fingerprint density at radius 2 is 2.37 bits per heavy atom. The third-order valence-electron chi connectivity index (χ3n) is 4.59. The molecule has 3 atom stereocenters. The normalized spacial score (nSPS) is 26.9. The van der Waals surface area contributed by atoms with Crippen molar-refractivity contribution in [2.45, 2.75) is 24.2 Å². The van der Waals surface area contributed by atoms with Crippen molar-refractivity contribution in [3.8, 4) is 0 Å². The molecule has 0 saturated carbocycles. The Bertz CT molecular complexity index is 751. The molecular weight excluding hydrogens is 453 g/mol. The lowest BCUT2D eigenvalue weighted by molar-refractivity contribution is -0.120. The summed E-state index contributed by atoms with van der Waals surface area (Å²) in [6.45, 7) is 4.74. The van der Waals surface area contributed by atoms with E-state index >= 15 is 0 Å². The highest BCUT2D eigenvalue weighted by molar-refractivity contribution is 8.25. The SMILES string of the molecule is CC(=O)NC1=NNC(SCC(=O)NC[C@H]2CN(CC3C=C(Cl)C(F)=CC3)CCO2)S1. The summed E-state index contributed by atoms with van der Waals surface area (Å²) in [5.74, 6) is -0.161. The van der Waals surface area contributed by atoms with E-state index in [1.165, 1.54) is 36.5 Å². The van der Waals surface area contributed by atoms with Crippen molar-refractivity contribution in [3.63, 3.8) is 0 Å². The average molecular weight is 478 g/mol. The molecule has 0 aromatic heterocycles. The second-order valence-corrected chi connectivity index (χ2v) is 10.00. The van der Waals surface area contributed by atoms with Gasteiger partial charge in [0.2, 0.25) is 11.8 Å². The van der Waals surface area contributed by atoms with Gasteiger partial charge >= 0.3 is 0 Å². The number of rotatable bonds is 7.